The van der Waals surface area contributed by atoms with Gasteiger partial charge in [0.25, 0.3) is 0 Å². The molecule has 3 aromatic rings. The van der Waals surface area contributed by atoms with E-state index in [0.29, 0.717) is 28.3 Å². The van der Waals surface area contributed by atoms with Crippen LogP contribution in [0, 0.1) is 0 Å². The minimum atomic E-state index is -0.565. The summed E-state index contributed by atoms with van der Waals surface area (Å²) < 4.78 is 20.5. The molecule has 0 aliphatic rings. The number of methoxy groups -OCH3 is 2. The lowest BCUT2D eigenvalue weighted by molar-refractivity contribution is -0.141. The Morgan fingerprint density at radius 3 is 2.65 bits per heavy atom. The van der Waals surface area contributed by atoms with Crippen LogP contribution in [0.5, 0.6) is 11.5 Å². The predicted octanol–water partition coefficient (Wildman–Crippen LogP) is 2.81. The number of ketones is 1. The first-order chi connectivity index (χ1) is 12.6. The Hall–Kier alpha value is -3.35. The molecule has 1 aromatic heterocycles. The lowest BCUT2D eigenvalue weighted by Crippen LogP contribution is -2.16. The van der Waals surface area contributed by atoms with E-state index in [0.717, 1.165) is 5.39 Å². The maximum atomic E-state index is 12.3. The van der Waals surface area contributed by atoms with Crippen molar-refractivity contribution in [3.63, 3.8) is 0 Å². The summed E-state index contributed by atoms with van der Waals surface area (Å²) in [6, 6.07) is 12.0. The molecule has 3 rings (SSSR count). The molecule has 0 atom stereocenters. The number of rotatable bonds is 7. The van der Waals surface area contributed by atoms with Crippen molar-refractivity contribution in [2.45, 2.75) is 6.42 Å². The molecule has 0 N–H and O–H groups in total. The average Bonchev–Trinajstić information content (AvgIpc) is 3.08. The largest absolute Gasteiger partial charge is 0.497 e. The summed E-state index contributed by atoms with van der Waals surface area (Å²) >= 11 is 0. The highest BCUT2D eigenvalue weighted by Crippen LogP contribution is 2.25. The zero-order chi connectivity index (χ0) is 18.5. The maximum Gasteiger partial charge on any atom is 0.312 e. The number of para-hydroxylation sites is 1. The number of hydrogen-bond donors (Lipinski definition) is 0. The molecular weight excluding hydrogens is 338 g/mol. The van der Waals surface area contributed by atoms with Gasteiger partial charge >= 0.3 is 5.97 Å². The minimum Gasteiger partial charge on any atom is -0.497 e. The van der Waals surface area contributed by atoms with Crippen molar-refractivity contribution in [1.29, 1.82) is 0 Å². The van der Waals surface area contributed by atoms with Crippen LogP contribution >= 0.6 is 0 Å². The predicted molar refractivity (Wildman–Crippen MR) is 92.5 cm³/mol. The molecule has 0 radical (unpaired) electrons. The van der Waals surface area contributed by atoms with Crippen molar-refractivity contribution in [3.05, 3.63) is 53.7 Å². The van der Waals surface area contributed by atoms with Gasteiger partial charge in [-0.15, -0.1) is 0 Å². The monoisotopic (exact) mass is 355 g/mol. The highest BCUT2D eigenvalue weighted by atomic mass is 16.5. The van der Waals surface area contributed by atoms with E-state index in [2.05, 4.69) is 5.16 Å². The van der Waals surface area contributed by atoms with Gasteiger partial charge in [0.1, 0.15) is 17.2 Å². The molecule has 0 bridgehead atoms. The normalized spacial score (nSPS) is 10.5. The second kappa shape index (κ2) is 7.69. The van der Waals surface area contributed by atoms with E-state index in [9.17, 15) is 9.59 Å². The molecule has 1 heterocycles. The second-order valence-corrected chi connectivity index (χ2v) is 5.45. The Morgan fingerprint density at radius 2 is 1.88 bits per heavy atom. The summed E-state index contributed by atoms with van der Waals surface area (Å²) in [6.45, 7) is -0.392. The summed E-state index contributed by atoms with van der Waals surface area (Å²) in [4.78, 5) is 24.3. The van der Waals surface area contributed by atoms with Crippen molar-refractivity contribution in [2.24, 2.45) is 0 Å². The van der Waals surface area contributed by atoms with Crippen molar-refractivity contribution < 1.29 is 28.3 Å². The van der Waals surface area contributed by atoms with Crippen molar-refractivity contribution in [1.82, 2.24) is 5.16 Å². The van der Waals surface area contributed by atoms with Crippen LogP contribution in [0.15, 0.2) is 47.0 Å². The van der Waals surface area contributed by atoms with Crippen LogP contribution < -0.4 is 9.47 Å². The Kier molecular flexibility index (Phi) is 5.17. The first-order valence-electron chi connectivity index (χ1n) is 7.86. The van der Waals surface area contributed by atoms with E-state index in [4.69, 9.17) is 18.7 Å². The fourth-order valence-corrected chi connectivity index (χ4v) is 2.51. The van der Waals surface area contributed by atoms with Crippen LogP contribution in [0.25, 0.3) is 11.0 Å². The van der Waals surface area contributed by atoms with Gasteiger partial charge in [-0.25, -0.2) is 0 Å². The molecule has 0 saturated heterocycles. The number of hydrogen-bond acceptors (Lipinski definition) is 7. The number of esters is 1. The Bertz CT molecular complexity index is 946. The van der Waals surface area contributed by atoms with Crippen LogP contribution in [-0.4, -0.2) is 37.7 Å². The highest BCUT2D eigenvalue weighted by Gasteiger charge is 2.17. The summed E-state index contributed by atoms with van der Waals surface area (Å²) in [7, 11) is 2.97. The third-order valence-electron chi connectivity index (χ3n) is 3.84. The molecule has 0 saturated carbocycles. The van der Waals surface area contributed by atoms with Crippen LogP contribution in [0.4, 0.5) is 0 Å². The van der Waals surface area contributed by atoms with Gasteiger partial charge in [0.05, 0.1) is 26.2 Å². The molecule has 2 aromatic carbocycles. The average molecular weight is 355 g/mol. The topological polar surface area (TPSA) is 87.9 Å². The van der Waals surface area contributed by atoms with Crippen LogP contribution in [0.1, 0.15) is 16.1 Å². The van der Waals surface area contributed by atoms with Gasteiger partial charge in [-0.2, -0.15) is 0 Å². The highest BCUT2D eigenvalue weighted by molar-refractivity contribution is 6.00. The molecule has 134 valence electrons. The molecule has 0 amide bonds. The molecule has 0 aliphatic heterocycles. The van der Waals surface area contributed by atoms with E-state index in [-0.39, 0.29) is 12.2 Å². The fourth-order valence-electron chi connectivity index (χ4n) is 2.51. The lowest BCUT2D eigenvalue weighted by Gasteiger charge is -2.09. The summed E-state index contributed by atoms with van der Waals surface area (Å²) in [6.07, 6.45) is -0.0793. The SMILES string of the molecule is COc1ccc(C(=O)COC(=O)Cc2noc3ccccc23)c(OC)c1. The van der Waals surface area contributed by atoms with Crippen molar-refractivity contribution >= 4 is 22.7 Å². The summed E-state index contributed by atoms with van der Waals surface area (Å²) in [5.74, 6) is -0.0195. The summed E-state index contributed by atoms with van der Waals surface area (Å²) in [5, 5.41) is 4.62. The van der Waals surface area contributed by atoms with Crippen LogP contribution in [0.3, 0.4) is 0 Å². The number of nitrogens with zero attached hydrogens (tertiary/aromatic N) is 1. The number of aromatic nitrogens is 1. The lowest BCUT2D eigenvalue weighted by atomic mass is 10.1. The third-order valence-corrected chi connectivity index (χ3v) is 3.84. The Labute approximate surface area is 149 Å². The maximum absolute atomic E-state index is 12.3. The number of ether oxygens (including phenoxy) is 3. The Balaban J connectivity index is 1.63. The molecule has 26 heavy (non-hydrogen) atoms. The molecule has 7 heteroatoms. The number of carbonyl (C=O) groups is 2. The van der Waals surface area contributed by atoms with Gasteiger partial charge in [-0.3, -0.25) is 9.59 Å². The number of fused-ring (bicyclic) bond motifs is 1. The number of benzene rings is 2. The van der Waals surface area contributed by atoms with Crippen molar-refractivity contribution in [3.8, 4) is 11.5 Å². The van der Waals surface area contributed by atoms with E-state index >= 15 is 0 Å². The van der Waals surface area contributed by atoms with Crippen molar-refractivity contribution in [2.75, 3.05) is 20.8 Å². The third kappa shape index (κ3) is 3.66. The van der Waals surface area contributed by atoms with E-state index < -0.39 is 12.6 Å². The van der Waals surface area contributed by atoms with E-state index in [1.165, 1.54) is 14.2 Å². The number of carbonyl (C=O) groups excluding carboxylic acids is 2. The zero-order valence-electron chi connectivity index (χ0n) is 14.4. The van der Waals surface area contributed by atoms with E-state index in [1.807, 2.05) is 18.2 Å². The molecule has 0 fully saturated rings. The van der Waals surface area contributed by atoms with Gasteiger partial charge in [0.2, 0.25) is 5.78 Å². The number of Topliss-reactive ketones (excluding diaryl/α,β-unsaturated/α-hetero) is 1. The van der Waals surface area contributed by atoms with E-state index in [1.54, 1.807) is 24.3 Å². The quantitative estimate of drug-likeness (QED) is 0.476. The summed E-state index contributed by atoms with van der Waals surface area (Å²) in [5.41, 5.74) is 1.38. The molecule has 0 unspecified atom stereocenters. The standard InChI is InChI=1S/C19H17NO6/c1-23-12-7-8-14(18(9-12)24-2)16(21)11-25-19(22)10-15-13-5-3-4-6-17(13)26-20-15/h3-9H,10-11H2,1-2H3. The smallest absolute Gasteiger partial charge is 0.312 e. The molecular formula is C19H17NO6. The van der Waals surface area contributed by atoms with Crippen LogP contribution in [-0.2, 0) is 16.0 Å². The van der Waals surface area contributed by atoms with Gasteiger partial charge in [0.15, 0.2) is 12.2 Å². The Morgan fingerprint density at radius 1 is 1.08 bits per heavy atom. The first-order valence-corrected chi connectivity index (χ1v) is 7.86. The second-order valence-electron chi connectivity index (χ2n) is 5.45. The molecule has 0 aliphatic carbocycles. The van der Waals surface area contributed by atoms with Gasteiger partial charge in [0, 0.05) is 11.5 Å². The van der Waals surface area contributed by atoms with Crippen LogP contribution in [0.2, 0.25) is 0 Å². The molecule has 0 spiro atoms. The molecule has 7 nitrogen and oxygen atoms in total. The fraction of sp³-hybridized carbons (Fsp3) is 0.211. The zero-order valence-corrected chi connectivity index (χ0v) is 14.4. The van der Waals surface area contributed by atoms with Gasteiger partial charge < -0.3 is 18.7 Å². The van der Waals surface area contributed by atoms with Gasteiger partial charge in [-0.05, 0) is 24.3 Å². The minimum absolute atomic E-state index is 0.0793. The van der Waals surface area contributed by atoms with Gasteiger partial charge in [-0.1, -0.05) is 17.3 Å². The first kappa shape index (κ1) is 17.5.